The Balaban J connectivity index is 0. The van der Waals surface area contributed by atoms with Crippen LogP contribution in [0.5, 0.6) is 0 Å². The number of rotatable bonds is 8. The van der Waals surface area contributed by atoms with Crippen LogP contribution >= 0.6 is 15.9 Å². The van der Waals surface area contributed by atoms with Gasteiger partial charge < -0.3 is 29.6 Å². The third-order valence-corrected chi connectivity index (χ3v) is 6.61. The fraction of sp³-hybridized carbons (Fsp3) is 0.778. The number of amides is 2. The van der Waals surface area contributed by atoms with Crippen LogP contribution in [0.25, 0.3) is 0 Å². The van der Waals surface area contributed by atoms with Crippen molar-refractivity contribution < 1.29 is 97.6 Å². The molecule has 16 heteroatoms. The van der Waals surface area contributed by atoms with Gasteiger partial charge in [0.1, 0.15) is 12.1 Å². The largest absolute Gasteiger partial charge is 1.00 e. The molecule has 0 radical (unpaired) electrons. The molecule has 2 aliphatic rings. The Morgan fingerprint density at radius 3 is 1.29 bits per heavy atom. The number of carboxylic acids is 2. The van der Waals surface area contributed by atoms with E-state index in [0.717, 1.165) is 0 Å². The van der Waals surface area contributed by atoms with Gasteiger partial charge in [0.25, 0.3) is 0 Å². The van der Waals surface area contributed by atoms with Crippen LogP contribution in [-0.2, 0) is 28.3 Å². The molecule has 180 valence electrons. The number of nitrogens with one attached hydrogen (secondary N) is 2. The summed E-state index contributed by atoms with van der Waals surface area (Å²) in [5.74, 6) is -3.12. The Hall–Kier alpha value is 0.000000000000000444. The number of nitrogens with zero attached hydrogens (tertiary/aromatic N) is 2. The zero-order valence-electron chi connectivity index (χ0n) is 20.6. The predicted molar refractivity (Wildman–Crippen MR) is 112 cm³/mol. The molecule has 2 rings (SSSR count). The average molecular weight is 538 g/mol. The van der Waals surface area contributed by atoms with Crippen molar-refractivity contribution in [2.45, 2.75) is 63.7 Å². The fourth-order valence-corrected chi connectivity index (χ4v) is 5.02. The second kappa shape index (κ2) is 17.5. The van der Waals surface area contributed by atoms with Gasteiger partial charge in [0, 0.05) is 13.1 Å². The van der Waals surface area contributed by atoms with Crippen LogP contribution in [0, 0.1) is 0 Å². The number of carboxylic acid groups (broad SMARTS) is 2. The zero-order valence-corrected chi connectivity index (χ0v) is 26.4. The van der Waals surface area contributed by atoms with Crippen molar-refractivity contribution in [3.63, 3.8) is 0 Å². The maximum atomic E-state index is 11.8. The van der Waals surface area contributed by atoms with Crippen LogP contribution in [0.2, 0.25) is 0 Å². The molecule has 2 unspecified atom stereocenters. The summed E-state index contributed by atoms with van der Waals surface area (Å²) < 4.78 is 21.9. The number of carbonyl (C=O) groups excluding carboxylic acids is 4. The predicted octanol–water partition coefficient (Wildman–Crippen LogP) is -7.84. The van der Waals surface area contributed by atoms with Crippen LogP contribution in [-0.4, -0.2) is 84.1 Å². The standard InChI is InChI=1S/2C9H15N2O4P.2Na/c2*1-6(10-16(2)15)8(12)11-5-3-4-7(11)9(13)14;;/h2*6-7H,3-5H2,1-2H3,(H-,10,13,14,15);;/q;;2*+1/t2*6-,7-;;/m00../s1. The first kappa shape index (κ1) is 36.2. The summed E-state index contributed by atoms with van der Waals surface area (Å²) in [5.41, 5.74) is 0. The van der Waals surface area contributed by atoms with E-state index in [1.54, 1.807) is 13.8 Å². The summed E-state index contributed by atoms with van der Waals surface area (Å²) in [6.45, 7) is 6.90. The van der Waals surface area contributed by atoms with Crippen molar-refractivity contribution in [2.75, 3.05) is 26.4 Å². The van der Waals surface area contributed by atoms with Gasteiger partial charge in [-0.15, -0.1) is 0 Å². The van der Waals surface area contributed by atoms with Gasteiger partial charge >= 0.3 is 75.0 Å². The first-order valence-corrected chi connectivity index (χ1v) is 13.6. The number of likely N-dealkylation sites (tertiary alicyclic amines) is 2. The fourth-order valence-electron chi connectivity index (χ4n) is 3.70. The molecule has 2 aliphatic heterocycles. The van der Waals surface area contributed by atoms with Gasteiger partial charge in [-0.1, -0.05) is 19.3 Å². The molecular formula is C18H30N4Na2O8P2+2. The quantitative estimate of drug-likeness (QED) is 0.223. The summed E-state index contributed by atoms with van der Waals surface area (Å²) in [4.78, 5) is 47.8. The van der Waals surface area contributed by atoms with Gasteiger partial charge in [-0.05, 0) is 39.5 Å². The minimum absolute atomic E-state index is 0. The normalized spacial score (nSPS) is 21.6. The molecule has 2 heterocycles. The van der Waals surface area contributed by atoms with E-state index in [4.69, 9.17) is 0 Å². The third-order valence-electron chi connectivity index (χ3n) is 5.11. The molecule has 2 amide bonds. The number of carbonyl (C=O) groups is 4. The smallest absolute Gasteiger partial charge is 0.548 e. The molecule has 12 nitrogen and oxygen atoms in total. The van der Waals surface area contributed by atoms with E-state index in [9.17, 15) is 38.5 Å². The Morgan fingerprint density at radius 1 is 0.765 bits per heavy atom. The van der Waals surface area contributed by atoms with Gasteiger partial charge in [-0.2, -0.15) is 0 Å². The molecular weight excluding hydrogens is 508 g/mol. The van der Waals surface area contributed by atoms with E-state index in [1.165, 1.54) is 23.1 Å². The molecule has 2 N–H and O–H groups in total. The Bertz CT molecular complexity index is 714. The van der Waals surface area contributed by atoms with E-state index < -0.39 is 52.0 Å². The maximum absolute atomic E-state index is 11.8. The maximum Gasteiger partial charge on any atom is 1.00 e. The molecule has 0 bridgehead atoms. The van der Waals surface area contributed by atoms with Crippen LogP contribution in [0.3, 0.4) is 0 Å². The Kier molecular flexibility index (Phi) is 18.6. The van der Waals surface area contributed by atoms with E-state index in [2.05, 4.69) is 10.2 Å². The van der Waals surface area contributed by atoms with Crippen molar-refractivity contribution in [2.24, 2.45) is 0 Å². The number of hydrogen-bond acceptors (Lipinski definition) is 8. The van der Waals surface area contributed by atoms with Gasteiger partial charge in [-0.3, -0.25) is 9.59 Å². The van der Waals surface area contributed by atoms with Crippen molar-refractivity contribution in [1.29, 1.82) is 0 Å². The van der Waals surface area contributed by atoms with Gasteiger partial charge in [0.05, 0.1) is 24.0 Å². The number of aliphatic carboxylic acids is 2. The van der Waals surface area contributed by atoms with E-state index in [-0.39, 0.29) is 70.9 Å². The first-order chi connectivity index (χ1) is 14.9. The van der Waals surface area contributed by atoms with Crippen LogP contribution in [0.15, 0.2) is 0 Å². The molecule has 0 spiro atoms. The molecule has 0 aromatic rings. The molecule has 0 aliphatic carbocycles. The summed E-state index contributed by atoms with van der Waals surface area (Å²) in [6.07, 6.45) is 2.18. The summed E-state index contributed by atoms with van der Waals surface area (Å²) in [5, 5.41) is 26.7. The second-order valence-electron chi connectivity index (χ2n) is 7.71. The van der Waals surface area contributed by atoms with Crippen molar-refractivity contribution in [1.82, 2.24) is 20.0 Å². The topological polar surface area (TPSA) is 179 Å². The van der Waals surface area contributed by atoms with Crippen LogP contribution in [0.1, 0.15) is 39.5 Å². The summed E-state index contributed by atoms with van der Waals surface area (Å²) in [7, 11) is -3.25. The van der Waals surface area contributed by atoms with Crippen LogP contribution in [0.4, 0.5) is 0 Å². The molecule has 0 aromatic heterocycles. The van der Waals surface area contributed by atoms with E-state index in [1.807, 2.05) is 0 Å². The zero-order chi connectivity index (χ0) is 24.6. The minimum atomic E-state index is -1.63. The van der Waals surface area contributed by atoms with Gasteiger partial charge in [0.2, 0.25) is 11.8 Å². The molecule has 2 fully saturated rings. The Morgan fingerprint density at radius 2 is 1.06 bits per heavy atom. The second-order valence-corrected chi connectivity index (χ2v) is 10.2. The summed E-state index contributed by atoms with van der Waals surface area (Å²) >= 11 is 0. The Labute approximate surface area is 245 Å². The van der Waals surface area contributed by atoms with E-state index >= 15 is 0 Å². The van der Waals surface area contributed by atoms with Crippen molar-refractivity contribution in [3.05, 3.63) is 0 Å². The average Bonchev–Trinajstić information content (AvgIpc) is 3.35. The SMILES string of the molecule is C[C@H](N[P+](C)=O)C(=O)N1CCC[C@H]1C(=O)[O-].C[C@H](N[P+](C)=O)C(=O)N1CCC[C@H]1C(=O)[O-].[Na+].[Na+]. The van der Waals surface area contributed by atoms with Crippen LogP contribution < -0.4 is 79.5 Å². The molecule has 6 atom stereocenters. The van der Waals surface area contributed by atoms with E-state index in [0.29, 0.717) is 38.8 Å². The molecule has 34 heavy (non-hydrogen) atoms. The summed E-state index contributed by atoms with van der Waals surface area (Å²) in [6, 6.07) is -2.94. The van der Waals surface area contributed by atoms with Crippen molar-refractivity contribution >= 4 is 39.7 Å². The van der Waals surface area contributed by atoms with Crippen molar-refractivity contribution in [3.8, 4) is 0 Å². The molecule has 0 aromatic carbocycles. The monoisotopic (exact) mass is 538 g/mol. The number of hydrogen-bond donors (Lipinski definition) is 2. The van der Waals surface area contributed by atoms with Gasteiger partial charge in [-0.25, -0.2) is 0 Å². The molecule has 0 saturated carbocycles. The minimum Gasteiger partial charge on any atom is -0.548 e. The third kappa shape index (κ3) is 11.4. The molecule has 2 saturated heterocycles. The first-order valence-electron chi connectivity index (χ1n) is 10.2. The van der Waals surface area contributed by atoms with Gasteiger partial charge in [0.15, 0.2) is 13.3 Å².